The molecular formula is C4H10N2S. The second-order valence-electron chi connectivity index (χ2n) is 1.06. The largest absolute Gasteiger partial charge is 0.375 e. The minimum atomic E-state index is 0.625. The van der Waals surface area contributed by atoms with Crippen LogP contribution in [0.1, 0.15) is 0 Å². The summed E-state index contributed by atoms with van der Waals surface area (Å²) < 4.78 is 0. The molecule has 0 amide bonds. The van der Waals surface area contributed by atoms with E-state index in [-0.39, 0.29) is 0 Å². The minimum absolute atomic E-state index is 0.625. The van der Waals surface area contributed by atoms with Crippen molar-refractivity contribution >= 4 is 12.6 Å². The molecule has 0 aromatic heterocycles. The van der Waals surface area contributed by atoms with E-state index in [0.717, 1.165) is 5.82 Å². The smallest absolute Gasteiger partial charge is 0.0916 e. The number of rotatable bonds is 3. The van der Waals surface area contributed by atoms with Gasteiger partial charge in [0.05, 0.1) is 11.7 Å². The van der Waals surface area contributed by atoms with Gasteiger partial charge >= 0.3 is 0 Å². The van der Waals surface area contributed by atoms with Crippen LogP contribution in [0.25, 0.3) is 0 Å². The molecule has 0 aliphatic rings. The molecule has 0 heterocycles. The Morgan fingerprint density at radius 1 is 1.86 bits per heavy atom. The molecule has 0 fully saturated rings. The Kier molecular flexibility index (Phi) is 3.69. The summed E-state index contributed by atoms with van der Waals surface area (Å²) in [5, 5.41) is 5.67. The van der Waals surface area contributed by atoms with Crippen LogP contribution in [-0.4, -0.2) is 12.9 Å². The van der Waals surface area contributed by atoms with Crippen LogP contribution >= 0.6 is 12.6 Å². The Morgan fingerprint density at radius 3 is 2.57 bits per heavy atom. The van der Waals surface area contributed by atoms with Crippen LogP contribution in [0.3, 0.4) is 0 Å². The normalized spacial score (nSPS) is 7.71. The maximum absolute atomic E-state index is 3.90. The van der Waals surface area contributed by atoms with Crippen molar-refractivity contribution in [3.05, 3.63) is 12.4 Å². The molecule has 0 saturated carbocycles. The first-order chi connectivity index (χ1) is 3.31. The van der Waals surface area contributed by atoms with Crippen molar-refractivity contribution < 1.29 is 0 Å². The Hall–Kier alpha value is -0.310. The summed E-state index contributed by atoms with van der Waals surface area (Å²) in [5.41, 5.74) is 0. The van der Waals surface area contributed by atoms with Gasteiger partial charge in [0, 0.05) is 7.05 Å². The lowest BCUT2D eigenvalue weighted by Crippen LogP contribution is -2.20. The fourth-order valence-corrected chi connectivity index (χ4v) is 0.375. The first kappa shape index (κ1) is 6.69. The quantitative estimate of drug-likeness (QED) is 0.363. The van der Waals surface area contributed by atoms with Gasteiger partial charge in [-0.25, -0.2) is 0 Å². The van der Waals surface area contributed by atoms with Gasteiger partial charge in [0.25, 0.3) is 0 Å². The molecule has 7 heavy (non-hydrogen) atoms. The van der Waals surface area contributed by atoms with E-state index >= 15 is 0 Å². The van der Waals surface area contributed by atoms with Crippen LogP contribution in [-0.2, 0) is 0 Å². The molecule has 0 rings (SSSR count). The summed E-state index contributed by atoms with van der Waals surface area (Å²) in [6, 6.07) is 0. The lowest BCUT2D eigenvalue weighted by atomic mass is 10.8. The van der Waals surface area contributed by atoms with Gasteiger partial charge in [-0.3, -0.25) is 0 Å². The molecule has 0 aromatic rings. The fourth-order valence-electron chi connectivity index (χ4n) is 0.184. The van der Waals surface area contributed by atoms with Crippen molar-refractivity contribution in [1.29, 1.82) is 0 Å². The van der Waals surface area contributed by atoms with Crippen LogP contribution in [0.15, 0.2) is 12.4 Å². The summed E-state index contributed by atoms with van der Waals surface area (Å²) in [7, 11) is 1.80. The summed E-state index contributed by atoms with van der Waals surface area (Å²) in [6.07, 6.45) is 0. The van der Waals surface area contributed by atoms with E-state index in [4.69, 9.17) is 0 Å². The predicted octanol–water partition coefficient (Wildman–Crippen LogP) is 0.154. The van der Waals surface area contributed by atoms with Gasteiger partial charge in [0.1, 0.15) is 0 Å². The number of hydrogen-bond donors (Lipinski definition) is 3. The summed E-state index contributed by atoms with van der Waals surface area (Å²) in [4.78, 5) is 0. The van der Waals surface area contributed by atoms with Gasteiger partial charge in [0.15, 0.2) is 0 Å². The highest BCUT2D eigenvalue weighted by Gasteiger charge is 1.77. The molecule has 0 bridgehead atoms. The maximum atomic E-state index is 3.90. The molecule has 0 saturated heterocycles. The molecular weight excluding hydrogens is 108 g/mol. The van der Waals surface area contributed by atoms with Crippen LogP contribution in [0.2, 0.25) is 0 Å². The van der Waals surface area contributed by atoms with Gasteiger partial charge < -0.3 is 10.6 Å². The average molecular weight is 118 g/mol. The molecule has 3 heteroatoms. The number of thiol groups is 1. The molecule has 2 nitrogen and oxygen atoms in total. The van der Waals surface area contributed by atoms with Gasteiger partial charge in [-0.1, -0.05) is 6.58 Å². The van der Waals surface area contributed by atoms with Crippen LogP contribution in [0.4, 0.5) is 0 Å². The van der Waals surface area contributed by atoms with Gasteiger partial charge in [-0.05, 0) is 0 Å². The summed E-state index contributed by atoms with van der Waals surface area (Å²) in [5.74, 6) is 1.43. The lowest BCUT2D eigenvalue weighted by molar-refractivity contribution is 0.831. The minimum Gasteiger partial charge on any atom is -0.375 e. The average Bonchev–Trinajstić information content (AvgIpc) is 1.68. The molecule has 0 aromatic carbocycles. The summed E-state index contributed by atoms with van der Waals surface area (Å²) >= 11 is 3.90. The Balaban J connectivity index is 3.00. The van der Waals surface area contributed by atoms with Crippen LogP contribution in [0.5, 0.6) is 0 Å². The number of nitrogens with one attached hydrogen (secondary N) is 2. The fraction of sp³-hybridized carbons (Fsp3) is 0.500. The SMILES string of the molecule is C=C(NC)NCS. The highest BCUT2D eigenvalue weighted by atomic mass is 32.1. The van der Waals surface area contributed by atoms with Crippen molar-refractivity contribution in [2.45, 2.75) is 0 Å². The monoisotopic (exact) mass is 118 g/mol. The van der Waals surface area contributed by atoms with Crippen molar-refractivity contribution in [3.63, 3.8) is 0 Å². The first-order valence-corrected chi connectivity index (χ1v) is 2.66. The van der Waals surface area contributed by atoms with Gasteiger partial charge in [-0.2, -0.15) is 12.6 Å². The van der Waals surface area contributed by atoms with Crippen molar-refractivity contribution in [2.24, 2.45) is 0 Å². The second kappa shape index (κ2) is 3.87. The second-order valence-corrected chi connectivity index (χ2v) is 1.38. The van der Waals surface area contributed by atoms with Gasteiger partial charge in [0.2, 0.25) is 0 Å². The van der Waals surface area contributed by atoms with Gasteiger partial charge in [-0.15, -0.1) is 0 Å². The van der Waals surface area contributed by atoms with Crippen molar-refractivity contribution in [2.75, 3.05) is 12.9 Å². The third-order valence-corrected chi connectivity index (χ3v) is 0.752. The van der Waals surface area contributed by atoms with E-state index in [1.807, 2.05) is 0 Å². The van der Waals surface area contributed by atoms with E-state index in [1.165, 1.54) is 0 Å². The molecule has 0 aliphatic heterocycles. The standard InChI is InChI=1S/C4H10N2S/c1-4(5-2)6-3-7/h5-7H,1,3H2,2H3. The first-order valence-electron chi connectivity index (χ1n) is 2.02. The summed E-state index contributed by atoms with van der Waals surface area (Å²) in [6.45, 7) is 3.59. The van der Waals surface area contributed by atoms with Crippen LogP contribution in [0, 0.1) is 0 Å². The maximum Gasteiger partial charge on any atom is 0.0916 e. The molecule has 0 atom stereocenters. The van der Waals surface area contributed by atoms with Crippen molar-refractivity contribution in [3.8, 4) is 0 Å². The van der Waals surface area contributed by atoms with Crippen LogP contribution < -0.4 is 10.6 Å². The Bertz CT molecular complexity index is 62.7. The molecule has 42 valence electrons. The topological polar surface area (TPSA) is 24.1 Å². The Labute approximate surface area is 49.4 Å². The lowest BCUT2D eigenvalue weighted by Gasteiger charge is -2.02. The highest BCUT2D eigenvalue weighted by molar-refractivity contribution is 7.80. The zero-order valence-corrected chi connectivity index (χ0v) is 5.26. The third-order valence-electron chi connectivity index (χ3n) is 0.594. The Morgan fingerprint density at radius 2 is 2.43 bits per heavy atom. The molecule has 0 unspecified atom stereocenters. The zero-order valence-electron chi connectivity index (χ0n) is 4.36. The predicted molar refractivity (Wildman–Crippen MR) is 35.2 cm³/mol. The van der Waals surface area contributed by atoms with E-state index in [2.05, 4.69) is 29.8 Å². The van der Waals surface area contributed by atoms with E-state index < -0.39 is 0 Å². The van der Waals surface area contributed by atoms with E-state index in [1.54, 1.807) is 7.05 Å². The molecule has 0 aliphatic carbocycles. The number of hydrogen-bond acceptors (Lipinski definition) is 3. The van der Waals surface area contributed by atoms with Crippen molar-refractivity contribution in [1.82, 2.24) is 10.6 Å². The molecule has 0 spiro atoms. The highest BCUT2D eigenvalue weighted by Crippen LogP contribution is 1.72. The zero-order chi connectivity index (χ0) is 5.70. The molecule has 0 radical (unpaired) electrons. The molecule has 2 N–H and O–H groups in total. The van der Waals surface area contributed by atoms with E-state index in [0.29, 0.717) is 5.88 Å². The van der Waals surface area contributed by atoms with E-state index in [9.17, 15) is 0 Å². The third kappa shape index (κ3) is 3.52.